The number of carbonyl (C=O) groups is 6. The molecule has 342 valence electrons. The molecule has 0 saturated heterocycles. The number of carbonyl (C=O) groups excluding carboxylic acids is 6. The van der Waals surface area contributed by atoms with Crippen LogP contribution in [0.1, 0.15) is 70.3 Å². The van der Waals surface area contributed by atoms with Gasteiger partial charge in [-0.25, -0.2) is 0 Å². The van der Waals surface area contributed by atoms with Crippen molar-refractivity contribution in [3.63, 3.8) is 0 Å². The lowest BCUT2D eigenvalue weighted by atomic mass is 10.1. The number of nitrogens with one attached hydrogen (secondary N) is 4. The third-order valence-corrected chi connectivity index (χ3v) is 10.4. The topological polar surface area (TPSA) is 218 Å². The van der Waals surface area contributed by atoms with Crippen LogP contribution in [-0.2, 0) is 19.2 Å². The third-order valence-electron chi connectivity index (χ3n) is 9.43. The zero-order valence-electron chi connectivity index (χ0n) is 36.1. The number of alkyl halides is 2. The zero-order valence-corrected chi connectivity index (χ0v) is 39.1. The molecule has 4 unspecified atom stereocenters. The molecule has 0 aliphatic carbocycles. The minimum atomic E-state index is -1.66. The highest BCUT2D eigenvalue weighted by molar-refractivity contribution is 6.32. The van der Waals surface area contributed by atoms with Crippen molar-refractivity contribution in [3.05, 3.63) is 129 Å². The Morgan fingerprint density at radius 1 is 0.515 bits per heavy atom. The van der Waals surface area contributed by atoms with E-state index in [1.165, 1.54) is 62.8 Å². The normalized spacial score (nSPS) is 13.0. The number of amides is 4. The van der Waals surface area contributed by atoms with Crippen LogP contribution in [-0.4, -0.2) is 61.5 Å². The minimum absolute atomic E-state index is 0.0134. The summed E-state index contributed by atoms with van der Waals surface area (Å²) >= 11 is 24.8. The SMILES string of the molecule is COc1c(NC(=O)C(N=Nc2cc(Cl)cc(C(=O)Nc3ccc(C(C)Cl)cc3)c2)C(C)=O)ccc(NC(=O)C(N=Nc2cc(Cl)cc(C(=O)Nc3ccc(C(C)Cl)cc3)c2)C(C)=O)c1OC. The van der Waals surface area contributed by atoms with Gasteiger partial charge in [0, 0.05) is 32.5 Å². The van der Waals surface area contributed by atoms with Crippen LogP contribution in [0.4, 0.5) is 34.1 Å². The van der Waals surface area contributed by atoms with Crippen LogP contribution < -0.4 is 30.7 Å². The third kappa shape index (κ3) is 13.4. The van der Waals surface area contributed by atoms with E-state index in [0.29, 0.717) is 11.4 Å². The fourth-order valence-corrected chi connectivity index (χ4v) is 6.80. The van der Waals surface area contributed by atoms with Gasteiger partial charge >= 0.3 is 0 Å². The Kier molecular flexibility index (Phi) is 17.5. The molecule has 4 N–H and O–H groups in total. The molecule has 16 nitrogen and oxygen atoms in total. The monoisotopic (exact) mass is 974 g/mol. The van der Waals surface area contributed by atoms with Gasteiger partial charge in [0.05, 0.1) is 47.7 Å². The van der Waals surface area contributed by atoms with Crippen LogP contribution in [0.3, 0.4) is 0 Å². The predicted molar refractivity (Wildman–Crippen MR) is 255 cm³/mol. The number of hydrogen-bond acceptors (Lipinski definition) is 12. The number of ether oxygens (including phenoxy) is 2. The van der Waals surface area contributed by atoms with Crippen molar-refractivity contribution in [1.29, 1.82) is 0 Å². The summed E-state index contributed by atoms with van der Waals surface area (Å²) < 4.78 is 11.1. The molecule has 0 fully saturated rings. The Morgan fingerprint density at radius 3 is 1.17 bits per heavy atom. The van der Waals surface area contributed by atoms with E-state index in [-0.39, 0.29) is 66.2 Å². The van der Waals surface area contributed by atoms with E-state index in [2.05, 4.69) is 41.7 Å². The lowest BCUT2D eigenvalue weighted by molar-refractivity contribution is -0.127. The highest BCUT2D eigenvalue weighted by atomic mass is 35.5. The summed E-state index contributed by atoms with van der Waals surface area (Å²) in [5, 5.41) is 26.6. The summed E-state index contributed by atoms with van der Waals surface area (Å²) in [6.07, 6.45) is 0. The second-order valence-corrected chi connectivity index (χ2v) is 16.6. The summed E-state index contributed by atoms with van der Waals surface area (Å²) in [4.78, 5) is 78.6. The van der Waals surface area contributed by atoms with E-state index in [4.69, 9.17) is 55.9 Å². The van der Waals surface area contributed by atoms with Crippen molar-refractivity contribution in [3.8, 4) is 11.5 Å². The predicted octanol–water partition coefficient (Wildman–Crippen LogP) is 11.5. The summed E-state index contributed by atoms with van der Waals surface area (Å²) in [7, 11) is 2.54. The summed E-state index contributed by atoms with van der Waals surface area (Å²) in [6, 6.07) is 21.7. The summed E-state index contributed by atoms with van der Waals surface area (Å²) in [5.41, 5.74) is 3.24. The number of anilines is 4. The first kappa shape index (κ1) is 50.3. The standard InChI is InChI=1S/C46H42Cl4N8O8/c1-23(47)27-7-11-33(12-8-27)51-43(61)29-17-31(49)21-35(19-29)55-57-39(25(3)59)45(63)53-37-15-16-38(42(66-6)41(37)65-5)54-46(64)40(26(4)60)58-56-36-20-30(18-32(50)22-36)44(62)52-34-13-9-28(10-14-34)24(2)48/h7-24,39-40H,1-6H3,(H,51,61)(H,52,62)(H,53,63)(H,54,64). The summed E-state index contributed by atoms with van der Waals surface area (Å²) in [6.45, 7) is 5.94. The Balaban J connectivity index is 1.29. The van der Waals surface area contributed by atoms with Crippen molar-refractivity contribution in [2.45, 2.75) is 50.5 Å². The van der Waals surface area contributed by atoms with Gasteiger partial charge in [-0.15, -0.1) is 23.2 Å². The second kappa shape index (κ2) is 22.9. The quantitative estimate of drug-likeness (QED) is 0.0375. The van der Waals surface area contributed by atoms with Crippen molar-refractivity contribution >= 4 is 116 Å². The first-order valence-corrected chi connectivity index (χ1v) is 21.4. The molecule has 0 aliphatic heterocycles. The molecule has 5 aromatic carbocycles. The van der Waals surface area contributed by atoms with Crippen molar-refractivity contribution < 1.29 is 38.2 Å². The number of hydrogen-bond donors (Lipinski definition) is 4. The molecule has 0 radical (unpaired) electrons. The molecule has 0 saturated carbocycles. The van der Waals surface area contributed by atoms with Crippen LogP contribution in [0.25, 0.3) is 0 Å². The van der Waals surface area contributed by atoms with E-state index in [1.807, 2.05) is 13.8 Å². The number of ketones is 2. The number of Topliss-reactive ketones (excluding diaryl/α,β-unsaturated/α-hetero) is 2. The fourth-order valence-electron chi connectivity index (χ4n) is 6.05. The molecule has 5 rings (SSSR count). The van der Waals surface area contributed by atoms with Crippen LogP contribution >= 0.6 is 46.4 Å². The molecule has 0 bridgehead atoms. The zero-order chi connectivity index (χ0) is 48.2. The number of rotatable bonds is 18. The average Bonchev–Trinajstić information content (AvgIpc) is 3.26. The number of azo groups is 2. The smallest absolute Gasteiger partial charge is 0.258 e. The molecule has 4 amide bonds. The average molecular weight is 977 g/mol. The van der Waals surface area contributed by atoms with Crippen LogP contribution in [0.15, 0.2) is 118 Å². The highest BCUT2D eigenvalue weighted by Gasteiger charge is 2.28. The van der Waals surface area contributed by atoms with Crippen LogP contribution in [0, 0.1) is 0 Å². The number of methoxy groups -OCH3 is 2. The molecule has 0 spiro atoms. The van der Waals surface area contributed by atoms with E-state index in [9.17, 15) is 28.8 Å². The van der Waals surface area contributed by atoms with Crippen molar-refractivity contribution in [1.82, 2.24) is 0 Å². The molecular formula is C46H42Cl4N8O8. The van der Waals surface area contributed by atoms with Gasteiger partial charge in [-0.3, -0.25) is 28.8 Å². The summed E-state index contributed by atoms with van der Waals surface area (Å²) in [5.74, 6) is -4.32. The number of halogens is 4. The lowest BCUT2D eigenvalue weighted by Gasteiger charge is -2.19. The van der Waals surface area contributed by atoms with E-state index >= 15 is 0 Å². The van der Waals surface area contributed by atoms with Crippen molar-refractivity contribution in [2.24, 2.45) is 20.5 Å². The first-order chi connectivity index (χ1) is 31.4. The maximum Gasteiger partial charge on any atom is 0.258 e. The number of nitrogens with zero attached hydrogens (tertiary/aromatic N) is 4. The van der Waals surface area contributed by atoms with Gasteiger partial charge in [-0.05, 0) is 112 Å². The molecule has 4 atom stereocenters. The van der Waals surface area contributed by atoms with E-state index in [1.54, 1.807) is 48.5 Å². The Bertz CT molecular complexity index is 2530. The van der Waals surface area contributed by atoms with Gasteiger partial charge in [0.25, 0.3) is 23.6 Å². The van der Waals surface area contributed by atoms with Gasteiger partial charge in [-0.2, -0.15) is 20.5 Å². The van der Waals surface area contributed by atoms with Gasteiger partial charge in [0.15, 0.2) is 23.1 Å². The Hall–Kier alpha value is -6.72. The van der Waals surface area contributed by atoms with Crippen molar-refractivity contribution in [2.75, 3.05) is 35.5 Å². The lowest BCUT2D eigenvalue weighted by Crippen LogP contribution is -2.32. The molecule has 20 heteroatoms. The molecule has 66 heavy (non-hydrogen) atoms. The van der Waals surface area contributed by atoms with E-state index < -0.39 is 47.3 Å². The van der Waals surface area contributed by atoms with Gasteiger partial charge in [-0.1, -0.05) is 47.5 Å². The molecular weight excluding hydrogens is 934 g/mol. The van der Waals surface area contributed by atoms with Gasteiger partial charge < -0.3 is 30.7 Å². The maximum atomic E-state index is 13.5. The number of benzene rings is 5. The van der Waals surface area contributed by atoms with Crippen LogP contribution in [0.5, 0.6) is 11.5 Å². The molecule has 0 heterocycles. The Morgan fingerprint density at radius 2 is 0.864 bits per heavy atom. The minimum Gasteiger partial charge on any atom is -0.491 e. The van der Waals surface area contributed by atoms with E-state index in [0.717, 1.165) is 25.0 Å². The maximum absolute atomic E-state index is 13.5. The molecule has 5 aromatic rings. The first-order valence-electron chi connectivity index (χ1n) is 19.8. The fraction of sp³-hybridized carbons (Fsp3) is 0.217. The highest BCUT2D eigenvalue weighted by Crippen LogP contribution is 2.42. The largest absolute Gasteiger partial charge is 0.491 e. The van der Waals surface area contributed by atoms with Gasteiger partial charge in [0.2, 0.25) is 12.1 Å². The second-order valence-electron chi connectivity index (χ2n) is 14.4. The van der Waals surface area contributed by atoms with Gasteiger partial charge in [0.1, 0.15) is 0 Å². The van der Waals surface area contributed by atoms with Crippen LogP contribution in [0.2, 0.25) is 10.0 Å². The Labute approximate surface area is 399 Å². The molecule has 0 aliphatic rings. The molecule has 0 aromatic heterocycles.